The number of carbonyl (C=O) groups is 1. The molecule has 0 fully saturated rings. The SMILES string of the molecule is COc1ccc(OC)c(NC(=O)[C@H](C)NS(=O)(=O)c2ccc(F)cc2)c1. The number of sulfonamides is 1. The highest BCUT2D eigenvalue weighted by molar-refractivity contribution is 7.89. The van der Waals surface area contributed by atoms with Gasteiger partial charge >= 0.3 is 0 Å². The summed E-state index contributed by atoms with van der Waals surface area (Å²) in [6.45, 7) is 1.39. The Morgan fingerprint density at radius 1 is 1.08 bits per heavy atom. The summed E-state index contributed by atoms with van der Waals surface area (Å²) in [6.07, 6.45) is 0. The number of amides is 1. The van der Waals surface area contributed by atoms with Gasteiger partial charge < -0.3 is 14.8 Å². The van der Waals surface area contributed by atoms with Gasteiger partial charge in [-0.1, -0.05) is 0 Å². The van der Waals surface area contributed by atoms with Crippen LogP contribution in [0.25, 0.3) is 0 Å². The predicted molar refractivity (Wildman–Crippen MR) is 94.4 cm³/mol. The van der Waals surface area contributed by atoms with Crippen molar-refractivity contribution in [3.05, 3.63) is 48.3 Å². The molecule has 0 aromatic heterocycles. The van der Waals surface area contributed by atoms with E-state index >= 15 is 0 Å². The molecule has 7 nitrogen and oxygen atoms in total. The number of methoxy groups -OCH3 is 2. The zero-order chi connectivity index (χ0) is 19.3. The zero-order valence-corrected chi connectivity index (χ0v) is 15.3. The first kappa shape index (κ1) is 19.7. The molecule has 0 radical (unpaired) electrons. The van der Waals surface area contributed by atoms with Crippen LogP contribution in [-0.2, 0) is 14.8 Å². The van der Waals surface area contributed by atoms with Gasteiger partial charge in [-0.3, -0.25) is 4.79 Å². The number of ether oxygens (including phenoxy) is 2. The van der Waals surface area contributed by atoms with Crippen LogP contribution in [0.5, 0.6) is 11.5 Å². The van der Waals surface area contributed by atoms with Gasteiger partial charge in [-0.25, -0.2) is 12.8 Å². The third-order valence-electron chi connectivity index (χ3n) is 3.51. The Hall–Kier alpha value is -2.65. The van der Waals surface area contributed by atoms with Crippen LogP contribution in [0.3, 0.4) is 0 Å². The molecule has 140 valence electrons. The fourth-order valence-electron chi connectivity index (χ4n) is 2.12. The van der Waals surface area contributed by atoms with Crippen LogP contribution in [0.4, 0.5) is 10.1 Å². The second kappa shape index (κ2) is 8.15. The van der Waals surface area contributed by atoms with Gasteiger partial charge in [0.2, 0.25) is 15.9 Å². The van der Waals surface area contributed by atoms with Crippen LogP contribution < -0.4 is 19.5 Å². The third kappa shape index (κ3) is 4.70. The van der Waals surface area contributed by atoms with Crippen LogP contribution in [0.2, 0.25) is 0 Å². The molecule has 0 aliphatic heterocycles. The van der Waals surface area contributed by atoms with Gasteiger partial charge in [0.15, 0.2) is 0 Å². The summed E-state index contributed by atoms with van der Waals surface area (Å²) < 4.78 is 50.0. The van der Waals surface area contributed by atoms with E-state index in [1.165, 1.54) is 21.1 Å². The van der Waals surface area contributed by atoms with Crippen molar-refractivity contribution in [3.63, 3.8) is 0 Å². The molecule has 0 bridgehead atoms. The average Bonchev–Trinajstić information content (AvgIpc) is 2.61. The summed E-state index contributed by atoms with van der Waals surface area (Å²) >= 11 is 0. The van der Waals surface area contributed by atoms with E-state index in [1.807, 2.05) is 0 Å². The first-order chi connectivity index (χ1) is 12.3. The highest BCUT2D eigenvalue weighted by atomic mass is 32.2. The summed E-state index contributed by atoms with van der Waals surface area (Å²) in [6, 6.07) is 8.04. The maximum Gasteiger partial charge on any atom is 0.242 e. The summed E-state index contributed by atoms with van der Waals surface area (Å²) in [5, 5.41) is 2.59. The molecule has 26 heavy (non-hydrogen) atoms. The lowest BCUT2D eigenvalue weighted by molar-refractivity contribution is -0.117. The highest BCUT2D eigenvalue weighted by Crippen LogP contribution is 2.29. The fraction of sp³-hybridized carbons (Fsp3) is 0.235. The minimum Gasteiger partial charge on any atom is -0.497 e. The van der Waals surface area contributed by atoms with Crippen LogP contribution >= 0.6 is 0 Å². The van der Waals surface area contributed by atoms with Gasteiger partial charge in [0.1, 0.15) is 17.3 Å². The number of halogens is 1. The zero-order valence-electron chi connectivity index (χ0n) is 14.4. The maximum absolute atomic E-state index is 12.9. The quantitative estimate of drug-likeness (QED) is 0.765. The van der Waals surface area contributed by atoms with E-state index < -0.39 is 27.8 Å². The summed E-state index contributed by atoms with van der Waals surface area (Å²) in [5.41, 5.74) is 0.338. The Morgan fingerprint density at radius 3 is 2.31 bits per heavy atom. The molecule has 0 aliphatic rings. The van der Waals surface area contributed by atoms with Crippen molar-refractivity contribution in [3.8, 4) is 11.5 Å². The second-order valence-corrected chi connectivity index (χ2v) is 7.07. The van der Waals surface area contributed by atoms with Gasteiger partial charge in [-0.15, -0.1) is 0 Å². The van der Waals surface area contributed by atoms with Gasteiger partial charge in [0.05, 0.1) is 30.8 Å². The number of hydrogen-bond acceptors (Lipinski definition) is 5. The number of carbonyl (C=O) groups excluding carboxylic acids is 1. The summed E-state index contributed by atoms with van der Waals surface area (Å²) in [4.78, 5) is 12.2. The molecule has 0 saturated heterocycles. The Kier molecular flexibility index (Phi) is 6.17. The van der Waals surface area contributed by atoms with E-state index in [4.69, 9.17) is 9.47 Å². The van der Waals surface area contributed by atoms with Crippen molar-refractivity contribution in [2.45, 2.75) is 17.9 Å². The predicted octanol–water partition coefficient (Wildman–Crippen LogP) is 2.15. The van der Waals surface area contributed by atoms with Crippen molar-refractivity contribution in [2.24, 2.45) is 0 Å². The Bertz CT molecular complexity index is 885. The molecule has 1 atom stereocenters. The fourth-order valence-corrected chi connectivity index (χ4v) is 3.32. The van der Waals surface area contributed by atoms with E-state index in [0.29, 0.717) is 17.2 Å². The van der Waals surface area contributed by atoms with E-state index in [-0.39, 0.29) is 4.90 Å². The molecular weight excluding hydrogens is 363 g/mol. The summed E-state index contributed by atoms with van der Waals surface area (Å²) in [7, 11) is -1.05. The molecule has 0 unspecified atom stereocenters. The van der Waals surface area contributed by atoms with Crippen LogP contribution in [0.1, 0.15) is 6.92 Å². The number of rotatable bonds is 7. The van der Waals surface area contributed by atoms with Gasteiger partial charge in [-0.2, -0.15) is 4.72 Å². The molecule has 0 saturated carbocycles. The van der Waals surface area contributed by atoms with Crippen LogP contribution in [0, 0.1) is 5.82 Å². The first-order valence-corrected chi connectivity index (χ1v) is 9.06. The van der Waals surface area contributed by atoms with Crippen molar-refractivity contribution in [2.75, 3.05) is 19.5 Å². The monoisotopic (exact) mass is 382 g/mol. The van der Waals surface area contributed by atoms with E-state index in [9.17, 15) is 17.6 Å². The molecular formula is C17H19FN2O5S. The second-order valence-electron chi connectivity index (χ2n) is 5.35. The molecule has 2 aromatic rings. The number of anilines is 1. The van der Waals surface area contributed by atoms with Crippen LogP contribution in [0.15, 0.2) is 47.4 Å². The van der Waals surface area contributed by atoms with Gasteiger partial charge in [0.25, 0.3) is 0 Å². The Balaban J connectivity index is 2.14. The third-order valence-corrected chi connectivity index (χ3v) is 5.07. The van der Waals surface area contributed by atoms with Crippen LogP contribution in [-0.4, -0.2) is 34.6 Å². The van der Waals surface area contributed by atoms with E-state index in [0.717, 1.165) is 24.3 Å². The van der Waals surface area contributed by atoms with Crippen molar-refractivity contribution < 1.29 is 27.1 Å². The molecule has 1 amide bonds. The number of nitrogens with one attached hydrogen (secondary N) is 2. The molecule has 2 aromatic carbocycles. The van der Waals surface area contributed by atoms with Crippen molar-refractivity contribution >= 4 is 21.6 Å². The molecule has 0 spiro atoms. The lowest BCUT2D eigenvalue weighted by Crippen LogP contribution is -2.41. The smallest absolute Gasteiger partial charge is 0.242 e. The number of hydrogen-bond donors (Lipinski definition) is 2. The standard InChI is InChI=1S/C17H19FN2O5S/c1-11(20-26(22,23)14-7-4-12(18)5-8-14)17(21)19-15-10-13(24-2)6-9-16(15)25-3/h4-11,20H,1-3H3,(H,19,21)/t11-/m0/s1. The van der Waals surface area contributed by atoms with Gasteiger partial charge in [-0.05, 0) is 43.3 Å². The minimum atomic E-state index is -3.98. The lowest BCUT2D eigenvalue weighted by atomic mass is 10.2. The molecule has 9 heteroatoms. The highest BCUT2D eigenvalue weighted by Gasteiger charge is 2.23. The molecule has 0 aliphatic carbocycles. The molecule has 0 heterocycles. The molecule has 2 N–H and O–H groups in total. The lowest BCUT2D eigenvalue weighted by Gasteiger charge is -2.16. The Morgan fingerprint density at radius 2 is 1.73 bits per heavy atom. The van der Waals surface area contributed by atoms with Crippen molar-refractivity contribution in [1.82, 2.24) is 4.72 Å². The summed E-state index contributed by atoms with van der Waals surface area (Å²) in [5.74, 6) is -0.254. The van der Waals surface area contributed by atoms with E-state index in [2.05, 4.69) is 10.0 Å². The first-order valence-electron chi connectivity index (χ1n) is 7.57. The average molecular weight is 382 g/mol. The van der Waals surface area contributed by atoms with Crippen molar-refractivity contribution in [1.29, 1.82) is 0 Å². The van der Waals surface area contributed by atoms with E-state index in [1.54, 1.807) is 18.2 Å². The minimum absolute atomic E-state index is 0.141. The topological polar surface area (TPSA) is 93.7 Å². The largest absolute Gasteiger partial charge is 0.497 e. The molecule has 2 rings (SSSR count). The number of benzene rings is 2. The maximum atomic E-state index is 12.9. The normalized spacial score (nSPS) is 12.3. The Labute approximate surface area is 151 Å². The van der Waals surface area contributed by atoms with Gasteiger partial charge in [0, 0.05) is 6.07 Å².